The molecular formula is C21H37N3O3. The maximum absolute atomic E-state index is 10.5. The number of hydrogen-bond donors (Lipinski definition) is 3. The Morgan fingerprint density at radius 3 is 2.63 bits per heavy atom. The van der Waals surface area contributed by atoms with Crippen LogP contribution < -0.4 is 15.4 Å². The van der Waals surface area contributed by atoms with Crippen LogP contribution in [0.4, 0.5) is 0 Å². The van der Waals surface area contributed by atoms with Crippen LogP contribution in [0.15, 0.2) is 29.3 Å². The number of aliphatic hydroxyl groups is 1. The van der Waals surface area contributed by atoms with Gasteiger partial charge in [0.05, 0.1) is 18.8 Å². The molecule has 0 spiro atoms. The van der Waals surface area contributed by atoms with Crippen molar-refractivity contribution >= 4 is 5.96 Å². The monoisotopic (exact) mass is 379 g/mol. The molecule has 1 unspecified atom stereocenters. The second-order valence-electron chi connectivity index (χ2n) is 7.22. The van der Waals surface area contributed by atoms with Crippen molar-refractivity contribution in [3.63, 3.8) is 0 Å². The summed E-state index contributed by atoms with van der Waals surface area (Å²) in [6.45, 7) is 13.6. The first kappa shape index (κ1) is 23.2. The first-order valence-electron chi connectivity index (χ1n) is 9.97. The lowest BCUT2D eigenvalue weighted by Gasteiger charge is -2.15. The minimum atomic E-state index is -0.675. The van der Waals surface area contributed by atoms with E-state index in [4.69, 9.17) is 9.47 Å². The molecular weight excluding hydrogens is 342 g/mol. The summed E-state index contributed by atoms with van der Waals surface area (Å²) in [5, 5.41) is 16.9. The number of nitrogens with zero attached hydrogens (tertiary/aromatic N) is 1. The van der Waals surface area contributed by atoms with Crippen molar-refractivity contribution in [2.75, 3.05) is 32.8 Å². The topological polar surface area (TPSA) is 75.1 Å². The molecule has 154 valence electrons. The number of benzene rings is 1. The summed E-state index contributed by atoms with van der Waals surface area (Å²) in [5.41, 5.74) is 0.801. The summed E-state index contributed by atoms with van der Waals surface area (Å²) in [4.78, 5) is 4.49. The van der Waals surface area contributed by atoms with E-state index in [9.17, 15) is 5.11 Å². The van der Waals surface area contributed by atoms with Gasteiger partial charge in [0.2, 0.25) is 0 Å². The van der Waals surface area contributed by atoms with Gasteiger partial charge in [0.25, 0.3) is 0 Å². The second kappa shape index (κ2) is 13.4. The minimum Gasteiger partial charge on any atom is -0.491 e. The average molecular weight is 380 g/mol. The first-order valence-corrected chi connectivity index (χ1v) is 9.97. The van der Waals surface area contributed by atoms with Gasteiger partial charge >= 0.3 is 0 Å². The number of aliphatic imine (C=N–C) groups is 1. The van der Waals surface area contributed by atoms with Gasteiger partial charge in [-0.15, -0.1) is 0 Å². The molecule has 0 aliphatic carbocycles. The van der Waals surface area contributed by atoms with E-state index in [0.717, 1.165) is 44.0 Å². The third kappa shape index (κ3) is 10.8. The van der Waals surface area contributed by atoms with Crippen molar-refractivity contribution in [3.05, 3.63) is 29.8 Å². The van der Waals surface area contributed by atoms with Crippen molar-refractivity contribution in [2.24, 2.45) is 10.9 Å². The largest absolute Gasteiger partial charge is 0.491 e. The quantitative estimate of drug-likeness (QED) is 0.296. The van der Waals surface area contributed by atoms with Crippen LogP contribution in [0.3, 0.4) is 0 Å². The molecule has 0 aliphatic rings. The highest BCUT2D eigenvalue weighted by atomic mass is 16.5. The SMILES string of the molecule is CCNC(=NCC(O)c1cccc(OC(C)C)c1)NCCCOCC(C)C. The minimum absolute atomic E-state index is 0.101. The molecule has 0 saturated carbocycles. The molecule has 0 aliphatic heterocycles. The van der Waals surface area contributed by atoms with Gasteiger partial charge in [-0.05, 0) is 50.8 Å². The Kier molecular flexibility index (Phi) is 11.5. The molecule has 0 radical (unpaired) electrons. The number of nitrogens with one attached hydrogen (secondary N) is 2. The van der Waals surface area contributed by atoms with Crippen molar-refractivity contribution in [1.82, 2.24) is 10.6 Å². The molecule has 0 saturated heterocycles. The second-order valence-corrected chi connectivity index (χ2v) is 7.22. The lowest BCUT2D eigenvalue weighted by atomic mass is 10.1. The molecule has 1 aromatic carbocycles. The molecule has 0 aromatic heterocycles. The highest BCUT2D eigenvalue weighted by molar-refractivity contribution is 5.79. The zero-order chi connectivity index (χ0) is 20.1. The molecule has 0 bridgehead atoms. The Bertz CT molecular complexity index is 547. The van der Waals surface area contributed by atoms with Gasteiger partial charge in [0.15, 0.2) is 5.96 Å². The fourth-order valence-electron chi connectivity index (χ4n) is 2.39. The fourth-order valence-corrected chi connectivity index (χ4v) is 2.39. The molecule has 1 rings (SSSR count). The van der Waals surface area contributed by atoms with Crippen LogP contribution in [0, 0.1) is 5.92 Å². The van der Waals surface area contributed by atoms with Crippen LogP contribution in [-0.4, -0.2) is 50.0 Å². The lowest BCUT2D eigenvalue weighted by molar-refractivity contribution is 0.108. The van der Waals surface area contributed by atoms with Crippen molar-refractivity contribution < 1.29 is 14.6 Å². The number of rotatable bonds is 12. The zero-order valence-electron chi connectivity index (χ0n) is 17.5. The van der Waals surface area contributed by atoms with Crippen LogP contribution in [0.1, 0.15) is 52.7 Å². The van der Waals surface area contributed by atoms with E-state index in [1.54, 1.807) is 0 Å². The Balaban J connectivity index is 2.49. The van der Waals surface area contributed by atoms with E-state index in [1.807, 2.05) is 45.0 Å². The number of guanidine groups is 1. The molecule has 27 heavy (non-hydrogen) atoms. The zero-order valence-corrected chi connectivity index (χ0v) is 17.5. The van der Waals surface area contributed by atoms with Crippen molar-refractivity contribution in [1.29, 1.82) is 0 Å². The van der Waals surface area contributed by atoms with Gasteiger partial charge in [0, 0.05) is 26.3 Å². The Labute approximate surface area is 164 Å². The van der Waals surface area contributed by atoms with Gasteiger partial charge in [-0.25, -0.2) is 0 Å². The van der Waals surface area contributed by atoms with Crippen LogP contribution in [0.5, 0.6) is 5.75 Å². The van der Waals surface area contributed by atoms with E-state index in [1.165, 1.54) is 0 Å². The standard InChI is InChI=1S/C21H37N3O3/c1-6-22-21(23-11-8-12-26-15-16(2)3)24-14-20(25)18-9-7-10-19(13-18)27-17(4)5/h7,9-10,13,16-17,20,25H,6,8,11-12,14-15H2,1-5H3,(H2,22,23,24). The lowest BCUT2D eigenvalue weighted by Crippen LogP contribution is -2.38. The summed E-state index contributed by atoms with van der Waals surface area (Å²) in [7, 11) is 0. The van der Waals surface area contributed by atoms with E-state index in [2.05, 4.69) is 29.5 Å². The first-order chi connectivity index (χ1) is 12.9. The molecule has 1 aromatic rings. The number of aliphatic hydroxyl groups excluding tert-OH is 1. The van der Waals surface area contributed by atoms with Crippen molar-refractivity contribution in [2.45, 2.75) is 53.2 Å². The van der Waals surface area contributed by atoms with E-state index < -0.39 is 6.10 Å². The maximum Gasteiger partial charge on any atom is 0.191 e. The Morgan fingerprint density at radius 2 is 1.96 bits per heavy atom. The normalized spacial score (nSPS) is 13.1. The highest BCUT2D eigenvalue weighted by Crippen LogP contribution is 2.20. The van der Waals surface area contributed by atoms with E-state index in [-0.39, 0.29) is 12.6 Å². The third-order valence-corrected chi connectivity index (χ3v) is 3.59. The molecule has 1 atom stereocenters. The molecule has 6 heteroatoms. The van der Waals surface area contributed by atoms with Gasteiger partial charge in [-0.3, -0.25) is 4.99 Å². The smallest absolute Gasteiger partial charge is 0.191 e. The maximum atomic E-state index is 10.5. The van der Waals surface area contributed by atoms with E-state index >= 15 is 0 Å². The van der Waals surface area contributed by atoms with Crippen molar-refractivity contribution in [3.8, 4) is 5.75 Å². The van der Waals surface area contributed by atoms with Gasteiger partial charge in [-0.1, -0.05) is 26.0 Å². The van der Waals surface area contributed by atoms with Gasteiger partial charge < -0.3 is 25.2 Å². The number of ether oxygens (including phenoxy) is 2. The predicted octanol–water partition coefficient (Wildman–Crippen LogP) is 3.13. The van der Waals surface area contributed by atoms with Gasteiger partial charge in [0.1, 0.15) is 5.75 Å². The van der Waals surface area contributed by atoms with E-state index in [0.29, 0.717) is 11.9 Å². The molecule has 6 nitrogen and oxygen atoms in total. The molecule has 3 N–H and O–H groups in total. The predicted molar refractivity (Wildman–Crippen MR) is 111 cm³/mol. The third-order valence-electron chi connectivity index (χ3n) is 3.59. The van der Waals surface area contributed by atoms with Crippen LogP contribution in [0.25, 0.3) is 0 Å². The Morgan fingerprint density at radius 1 is 1.19 bits per heavy atom. The number of hydrogen-bond acceptors (Lipinski definition) is 4. The summed E-state index contributed by atoms with van der Waals surface area (Å²) >= 11 is 0. The summed E-state index contributed by atoms with van der Waals surface area (Å²) in [6.07, 6.45) is 0.337. The van der Waals surface area contributed by atoms with Gasteiger partial charge in [-0.2, -0.15) is 0 Å². The summed E-state index contributed by atoms with van der Waals surface area (Å²) < 4.78 is 11.3. The molecule has 0 amide bonds. The Hall–Kier alpha value is -1.79. The highest BCUT2D eigenvalue weighted by Gasteiger charge is 2.09. The summed E-state index contributed by atoms with van der Waals surface area (Å²) in [5.74, 6) is 2.02. The van der Waals surface area contributed by atoms with Crippen LogP contribution >= 0.6 is 0 Å². The van der Waals surface area contributed by atoms with Crippen LogP contribution in [-0.2, 0) is 4.74 Å². The molecule has 0 heterocycles. The average Bonchev–Trinajstić information content (AvgIpc) is 2.61. The van der Waals surface area contributed by atoms with Crippen LogP contribution in [0.2, 0.25) is 0 Å². The summed E-state index contributed by atoms with van der Waals surface area (Å²) in [6, 6.07) is 7.54. The fraction of sp³-hybridized carbons (Fsp3) is 0.667. The molecule has 0 fully saturated rings.